The zero-order valence-corrected chi connectivity index (χ0v) is 11.0. The van der Waals surface area contributed by atoms with Gasteiger partial charge in [-0.3, -0.25) is 4.79 Å². The molecule has 0 radical (unpaired) electrons. The minimum atomic E-state index is 0.112. The largest absolute Gasteiger partial charge is 0.349 e. The van der Waals surface area contributed by atoms with E-state index in [4.69, 9.17) is 0 Å². The second-order valence-electron chi connectivity index (χ2n) is 4.92. The van der Waals surface area contributed by atoms with Crippen LogP contribution in [0.5, 0.6) is 0 Å². The summed E-state index contributed by atoms with van der Waals surface area (Å²) in [5, 5.41) is 3.15. The summed E-state index contributed by atoms with van der Waals surface area (Å²) < 4.78 is 0. The molecule has 2 nitrogen and oxygen atoms in total. The molecule has 0 spiro atoms. The smallest absolute Gasteiger partial charge is 0.252 e. The maximum absolute atomic E-state index is 12.0. The Kier molecular flexibility index (Phi) is 3.33. The molecule has 1 aromatic rings. The maximum atomic E-state index is 12.0. The van der Waals surface area contributed by atoms with Gasteiger partial charge in [0.1, 0.15) is 0 Å². The van der Waals surface area contributed by atoms with Gasteiger partial charge in [0.2, 0.25) is 0 Å². The van der Waals surface area contributed by atoms with Gasteiger partial charge in [-0.05, 0) is 45.1 Å². The molecule has 1 fully saturated rings. The number of hydrogen-bond donors (Lipinski definition) is 1. The number of nitrogens with one attached hydrogen (secondary N) is 1. The van der Waals surface area contributed by atoms with Gasteiger partial charge in [0.25, 0.3) is 5.91 Å². The average molecular weight is 237 g/mol. The number of carbonyl (C=O) groups is 1. The number of thiophene rings is 1. The van der Waals surface area contributed by atoms with Gasteiger partial charge in [-0.2, -0.15) is 0 Å². The summed E-state index contributed by atoms with van der Waals surface area (Å²) >= 11 is 1.70. The van der Waals surface area contributed by atoms with E-state index in [0.717, 1.165) is 29.2 Å². The van der Waals surface area contributed by atoms with Gasteiger partial charge in [0.15, 0.2) is 0 Å². The molecule has 16 heavy (non-hydrogen) atoms. The normalized spacial score (nSPS) is 24.7. The highest BCUT2D eigenvalue weighted by atomic mass is 32.1. The summed E-state index contributed by atoms with van der Waals surface area (Å²) in [6.45, 7) is 6.32. The number of hydrogen-bond acceptors (Lipinski definition) is 2. The highest BCUT2D eigenvalue weighted by Gasteiger charge is 2.23. The number of rotatable bonds is 2. The molecule has 1 aliphatic rings. The van der Waals surface area contributed by atoms with Gasteiger partial charge in [-0.1, -0.05) is 6.92 Å². The number of amides is 1. The zero-order valence-electron chi connectivity index (χ0n) is 10.2. The highest BCUT2D eigenvalue weighted by Crippen LogP contribution is 2.26. The Morgan fingerprint density at radius 2 is 2.19 bits per heavy atom. The van der Waals surface area contributed by atoms with Crippen molar-refractivity contribution in [3.8, 4) is 0 Å². The molecular weight excluding hydrogens is 218 g/mol. The van der Waals surface area contributed by atoms with Crippen molar-refractivity contribution < 1.29 is 4.79 Å². The van der Waals surface area contributed by atoms with E-state index in [-0.39, 0.29) is 5.91 Å². The van der Waals surface area contributed by atoms with Gasteiger partial charge in [0, 0.05) is 15.8 Å². The SMILES string of the molecule is Cc1cc(C(=O)NC2CCC(C)C2)c(C)s1. The first kappa shape index (κ1) is 11.6. The lowest BCUT2D eigenvalue weighted by Crippen LogP contribution is -2.32. The summed E-state index contributed by atoms with van der Waals surface area (Å²) in [6.07, 6.45) is 3.51. The fraction of sp³-hybridized carbons (Fsp3) is 0.615. The lowest BCUT2D eigenvalue weighted by Gasteiger charge is -2.12. The van der Waals surface area contributed by atoms with Gasteiger partial charge in [-0.15, -0.1) is 11.3 Å². The van der Waals surface area contributed by atoms with Crippen molar-refractivity contribution in [2.24, 2.45) is 5.92 Å². The van der Waals surface area contributed by atoms with E-state index in [1.807, 2.05) is 19.9 Å². The Labute approximate surface area is 101 Å². The standard InChI is InChI=1S/C13H19NOS/c1-8-4-5-11(6-8)14-13(15)12-7-9(2)16-10(12)3/h7-8,11H,4-6H2,1-3H3,(H,14,15). The molecule has 1 saturated carbocycles. The number of carbonyl (C=O) groups excluding carboxylic acids is 1. The maximum Gasteiger partial charge on any atom is 0.252 e. The van der Waals surface area contributed by atoms with Gasteiger partial charge in [0.05, 0.1) is 5.56 Å². The van der Waals surface area contributed by atoms with Gasteiger partial charge >= 0.3 is 0 Å². The Hall–Kier alpha value is -0.830. The average Bonchev–Trinajstić information content (AvgIpc) is 2.73. The third kappa shape index (κ3) is 2.46. The van der Waals surface area contributed by atoms with Crippen molar-refractivity contribution in [2.75, 3.05) is 0 Å². The van der Waals surface area contributed by atoms with Crippen molar-refractivity contribution in [1.82, 2.24) is 5.32 Å². The monoisotopic (exact) mass is 237 g/mol. The van der Waals surface area contributed by atoms with Crippen LogP contribution in [0.25, 0.3) is 0 Å². The van der Waals surface area contributed by atoms with Crippen LogP contribution in [0, 0.1) is 19.8 Å². The van der Waals surface area contributed by atoms with Crippen molar-refractivity contribution >= 4 is 17.2 Å². The summed E-state index contributed by atoms with van der Waals surface area (Å²) in [6, 6.07) is 2.38. The van der Waals surface area contributed by atoms with Crippen LogP contribution in [-0.4, -0.2) is 11.9 Å². The first-order valence-corrected chi connectivity index (χ1v) is 6.76. The topological polar surface area (TPSA) is 29.1 Å². The molecule has 1 heterocycles. The van der Waals surface area contributed by atoms with Crippen molar-refractivity contribution in [3.05, 3.63) is 21.4 Å². The molecule has 0 aromatic carbocycles. The van der Waals surface area contributed by atoms with E-state index in [2.05, 4.69) is 12.2 Å². The van der Waals surface area contributed by atoms with E-state index >= 15 is 0 Å². The first-order valence-electron chi connectivity index (χ1n) is 5.94. The Morgan fingerprint density at radius 3 is 2.69 bits per heavy atom. The minimum absolute atomic E-state index is 0.112. The molecule has 0 saturated heterocycles. The van der Waals surface area contributed by atoms with Crippen LogP contribution >= 0.6 is 11.3 Å². The quantitative estimate of drug-likeness (QED) is 0.840. The molecule has 3 heteroatoms. The summed E-state index contributed by atoms with van der Waals surface area (Å²) in [4.78, 5) is 14.4. The molecule has 0 aliphatic heterocycles. The van der Waals surface area contributed by atoms with Crippen LogP contribution in [0.2, 0.25) is 0 Å². The molecule has 2 atom stereocenters. The van der Waals surface area contributed by atoms with Crippen LogP contribution in [0.4, 0.5) is 0 Å². The predicted octanol–water partition coefficient (Wildman–Crippen LogP) is 3.28. The molecule has 1 aromatic heterocycles. The Bertz CT molecular complexity index is 397. The molecule has 2 rings (SSSR count). The fourth-order valence-corrected chi connectivity index (χ4v) is 3.38. The Balaban J connectivity index is 2.00. The zero-order chi connectivity index (χ0) is 11.7. The molecule has 2 unspecified atom stereocenters. The third-order valence-corrected chi connectivity index (χ3v) is 4.28. The minimum Gasteiger partial charge on any atom is -0.349 e. The fourth-order valence-electron chi connectivity index (χ4n) is 2.46. The molecular formula is C13H19NOS. The van der Waals surface area contributed by atoms with Crippen molar-refractivity contribution in [1.29, 1.82) is 0 Å². The van der Waals surface area contributed by atoms with Crippen LogP contribution in [0.15, 0.2) is 6.07 Å². The van der Waals surface area contributed by atoms with E-state index in [0.29, 0.717) is 6.04 Å². The highest BCUT2D eigenvalue weighted by molar-refractivity contribution is 7.12. The van der Waals surface area contributed by atoms with Crippen LogP contribution < -0.4 is 5.32 Å². The molecule has 1 amide bonds. The van der Waals surface area contributed by atoms with E-state index in [9.17, 15) is 4.79 Å². The van der Waals surface area contributed by atoms with Gasteiger partial charge < -0.3 is 5.32 Å². The number of aryl methyl sites for hydroxylation is 2. The lowest BCUT2D eigenvalue weighted by molar-refractivity contribution is 0.0937. The third-order valence-electron chi connectivity index (χ3n) is 3.32. The van der Waals surface area contributed by atoms with Crippen molar-refractivity contribution in [2.45, 2.75) is 46.1 Å². The summed E-state index contributed by atoms with van der Waals surface area (Å²) in [5.74, 6) is 0.872. The molecule has 1 N–H and O–H groups in total. The second kappa shape index (κ2) is 4.58. The predicted molar refractivity (Wildman–Crippen MR) is 68.1 cm³/mol. The van der Waals surface area contributed by atoms with E-state index in [1.54, 1.807) is 11.3 Å². The van der Waals surface area contributed by atoms with Crippen LogP contribution in [0.1, 0.15) is 46.3 Å². The van der Waals surface area contributed by atoms with Crippen LogP contribution in [-0.2, 0) is 0 Å². The second-order valence-corrected chi connectivity index (χ2v) is 6.38. The summed E-state index contributed by atoms with van der Waals surface area (Å²) in [7, 11) is 0. The van der Waals surface area contributed by atoms with E-state index in [1.165, 1.54) is 11.3 Å². The van der Waals surface area contributed by atoms with Crippen LogP contribution in [0.3, 0.4) is 0 Å². The molecule has 0 bridgehead atoms. The molecule has 1 aliphatic carbocycles. The van der Waals surface area contributed by atoms with E-state index < -0.39 is 0 Å². The Morgan fingerprint density at radius 1 is 1.44 bits per heavy atom. The van der Waals surface area contributed by atoms with Gasteiger partial charge in [-0.25, -0.2) is 0 Å². The molecule has 88 valence electrons. The lowest BCUT2D eigenvalue weighted by atomic mass is 10.1. The first-order chi connectivity index (χ1) is 7.56. The van der Waals surface area contributed by atoms with Crippen molar-refractivity contribution in [3.63, 3.8) is 0 Å². The summed E-state index contributed by atoms with van der Waals surface area (Å²) in [5.41, 5.74) is 0.863.